The molecule has 0 radical (unpaired) electrons. The molecule has 0 bridgehead atoms. The Bertz CT molecular complexity index is 732. The third-order valence-corrected chi connectivity index (χ3v) is 3.78. The van der Waals surface area contributed by atoms with E-state index in [-0.39, 0.29) is 0 Å². The molecule has 0 N–H and O–H groups in total. The first-order chi connectivity index (χ1) is 8.78. The van der Waals surface area contributed by atoms with Gasteiger partial charge in [0.1, 0.15) is 5.82 Å². The molecule has 3 aromatic rings. The fourth-order valence-electron chi connectivity index (χ4n) is 2.05. The van der Waals surface area contributed by atoms with Gasteiger partial charge in [-0.15, -0.1) is 0 Å². The molecule has 0 aliphatic carbocycles. The molecule has 88 valence electrons. The van der Waals surface area contributed by atoms with Gasteiger partial charge in [-0.3, -0.25) is 0 Å². The fourth-order valence-corrected chi connectivity index (χ4v) is 2.72. The number of hydrogen-bond donors (Lipinski definition) is 0. The number of nitrogens with zero attached hydrogens (tertiary/aromatic N) is 3. The highest BCUT2D eigenvalue weighted by Gasteiger charge is 2.09. The van der Waals surface area contributed by atoms with E-state index in [0.29, 0.717) is 5.56 Å². The van der Waals surface area contributed by atoms with Gasteiger partial charge in [-0.05, 0) is 40.6 Å². The summed E-state index contributed by atoms with van der Waals surface area (Å²) in [6, 6.07) is 9.89. The van der Waals surface area contributed by atoms with E-state index >= 15 is 0 Å². The maximum Gasteiger partial charge on any atom is 0.114 e. The van der Waals surface area contributed by atoms with Gasteiger partial charge in [0.05, 0.1) is 22.7 Å². The lowest BCUT2D eigenvalue weighted by Gasteiger charge is -2.00. The number of thiophene rings is 1. The van der Waals surface area contributed by atoms with Crippen LogP contribution in [0.25, 0.3) is 11.0 Å². The summed E-state index contributed by atoms with van der Waals surface area (Å²) in [5.74, 6) is 1.03. The molecule has 2 aromatic heterocycles. The number of imidazole rings is 1. The topological polar surface area (TPSA) is 41.6 Å². The van der Waals surface area contributed by atoms with Crippen molar-refractivity contribution in [2.45, 2.75) is 6.42 Å². The standard InChI is InChI=1S/C14H11N3S/c1-17-13-3-2-10(8-15)6-12(13)16-14(17)7-11-4-5-18-9-11/h2-6,9H,7H2,1H3. The average Bonchev–Trinajstić information content (AvgIpc) is 2.99. The van der Waals surface area contributed by atoms with Crippen molar-refractivity contribution in [3.8, 4) is 6.07 Å². The fraction of sp³-hybridized carbons (Fsp3) is 0.143. The summed E-state index contributed by atoms with van der Waals surface area (Å²) in [5.41, 5.74) is 3.89. The number of nitriles is 1. The van der Waals surface area contributed by atoms with E-state index in [9.17, 15) is 0 Å². The predicted octanol–water partition coefficient (Wildman–Crippen LogP) is 3.10. The molecule has 0 spiro atoms. The Balaban J connectivity index is 2.08. The number of hydrogen-bond acceptors (Lipinski definition) is 3. The molecule has 0 unspecified atom stereocenters. The Hall–Kier alpha value is -2.12. The number of aryl methyl sites for hydroxylation is 1. The van der Waals surface area contributed by atoms with Crippen LogP contribution in [0.1, 0.15) is 17.0 Å². The van der Waals surface area contributed by atoms with Gasteiger partial charge in [0.15, 0.2) is 0 Å². The molecule has 0 amide bonds. The highest BCUT2D eigenvalue weighted by molar-refractivity contribution is 7.07. The molecule has 0 atom stereocenters. The molecule has 0 fully saturated rings. The van der Waals surface area contributed by atoms with Crippen molar-refractivity contribution in [1.82, 2.24) is 9.55 Å². The zero-order valence-electron chi connectivity index (χ0n) is 9.92. The van der Waals surface area contributed by atoms with Gasteiger partial charge in [0.2, 0.25) is 0 Å². The Labute approximate surface area is 109 Å². The Morgan fingerprint density at radius 2 is 2.28 bits per heavy atom. The van der Waals surface area contributed by atoms with Crippen LogP contribution in [0.2, 0.25) is 0 Å². The second-order valence-corrected chi connectivity index (χ2v) is 4.99. The molecular formula is C14H11N3S. The van der Waals surface area contributed by atoms with E-state index in [1.54, 1.807) is 11.3 Å². The van der Waals surface area contributed by atoms with Crippen LogP contribution in [0.5, 0.6) is 0 Å². The van der Waals surface area contributed by atoms with Crippen LogP contribution in [0.4, 0.5) is 0 Å². The maximum absolute atomic E-state index is 8.90. The lowest BCUT2D eigenvalue weighted by molar-refractivity contribution is 0.846. The minimum absolute atomic E-state index is 0.655. The zero-order chi connectivity index (χ0) is 12.5. The lowest BCUT2D eigenvalue weighted by Crippen LogP contribution is -1.97. The number of rotatable bonds is 2. The highest BCUT2D eigenvalue weighted by Crippen LogP contribution is 2.19. The number of benzene rings is 1. The minimum Gasteiger partial charge on any atom is -0.331 e. The SMILES string of the molecule is Cn1c(Cc2ccsc2)nc2cc(C#N)ccc21. The van der Waals surface area contributed by atoms with Crippen LogP contribution in [-0.4, -0.2) is 9.55 Å². The van der Waals surface area contributed by atoms with Crippen LogP contribution >= 0.6 is 11.3 Å². The molecule has 18 heavy (non-hydrogen) atoms. The van der Waals surface area contributed by atoms with Crippen molar-refractivity contribution in [3.05, 3.63) is 52.0 Å². The van der Waals surface area contributed by atoms with E-state index in [2.05, 4.69) is 32.4 Å². The third kappa shape index (κ3) is 1.79. The molecule has 2 heterocycles. The average molecular weight is 253 g/mol. The predicted molar refractivity (Wildman–Crippen MR) is 72.6 cm³/mol. The van der Waals surface area contributed by atoms with Crippen molar-refractivity contribution >= 4 is 22.4 Å². The van der Waals surface area contributed by atoms with Crippen LogP contribution < -0.4 is 0 Å². The second kappa shape index (κ2) is 4.28. The summed E-state index contributed by atoms with van der Waals surface area (Å²) in [7, 11) is 2.02. The molecule has 3 rings (SSSR count). The monoisotopic (exact) mass is 253 g/mol. The van der Waals surface area contributed by atoms with Crippen molar-refractivity contribution in [2.75, 3.05) is 0 Å². The summed E-state index contributed by atoms with van der Waals surface area (Å²) >= 11 is 1.70. The smallest absolute Gasteiger partial charge is 0.114 e. The third-order valence-electron chi connectivity index (χ3n) is 3.04. The molecule has 0 aliphatic heterocycles. The summed E-state index contributed by atoms with van der Waals surface area (Å²) < 4.78 is 2.09. The Kier molecular flexibility index (Phi) is 2.62. The van der Waals surface area contributed by atoms with Gasteiger partial charge in [-0.25, -0.2) is 4.98 Å². The van der Waals surface area contributed by atoms with E-state index in [0.717, 1.165) is 23.3 Å². The highest BCUT2D eigenvalue weighted by atomic mass is 32.1. The number of aromatic nitrogens is 2. The van der Waals surface area contributed by atoms with Crippen LogP contribution in [0.3, 0.4) is 0 Å². The largest absolute Gasteiger partial charge is 0.331 e. The summed E-state index contributed by atoms with van der Waals surface area (Å²) in [6.07, 6.45) is 0.830. The summed E-state index contributed by atoms with van der Waals surface area (Å²) in [4.78, 5) is 4.61. The Morgan fingerprint density at radius 1 is 1.39 bits per heavy atom. The van der Waals surface area contributed by atoms with Crippen LogP contribution in [-0.2, 0) is 13.5 Å². The van der Waals surface area contributed by atoms with E-state index in [1.165, 1.54) is 5.56 Å². The summed E-state index contributed by atoms with van der Waals surface area (Å²) in [5, 5.41) is 13.1. The summed E-state index contributed by atoms with van der Waals surface area (Å²) in [6.45, 7) is 0. The quantitative estimate of drug-likeness (QED) is 0.704. The maximum atomic E-state index is 8.90. The molecule has 1 aromatic carbocycles. The van der Waals surface area contributed by atoms with Crippen LogP contribution in [0.15, 0.2) is 35.0 Å². The van der Waals surface area contributed by atoms with Gasteiger partial charge >= 0.3 is 0 Å². The van der Waals surface area contributed by atoms with E-state index < -0.39 is 0 Å². The molecule has 0 aliphatic rings. The van der Waals surface area contributed by atoms with E-state index in [1.807, 2.05) is 25.2 Å². The Morgan fingerprint density at radius 3 is 3.00 bits per heavy atom. The zero-order valence-corrected chi connectivity index (χ0v) is 10.7. The second-order valence-electron chi connectivity index (χ2n) is 4.21. The molecular weight excluding hydrogens is 242 g/mol. The first-order valence-corrected chi connectivity index (χ1v) is 6.59. The van der Waals surface area contributed by atoms with Crippen molar-refractivity contribution < 1.29 is 0 Å². The molecule has 0 saturated carbocycles. The van der Waals surface area contributed by atoms with Crippen molar-refractivity contribution in [1.29, 1.82) is 5.26 Å². The first-order valence-electron chi connectivity index (χ1n) is 5.64. The molecule has 4 heteroatoms. The van der Waals surface area contributed by atoms with Gasteiger partial charge in [0.25, 0.3) is 0 Å². The molecule has 3 nitrogen and oxygen atoms in total. The number of fused-ring (bicyclic) bond motifs is 1. The van der Waals surface area contributed by atoms with Crippen LogP contribution in [0, 0.1) is 11.3 Å². The lowest BCUT2D eigenvalue weighted by atomic mass is 10.2. The van der Waals surface area contributed by atoms with Gasteiger partial charge in [-0.2, -0.15) is 16.6 Å². The van der Waals surface area contributed by atoms with Gasteiger partial charge < -0.3 is 4.57 Å². The van der Waals surface area contributed by atoms with Gasteiger partial charge in [-0.1, -0.05) is 0 Å². The van der Waals surface area contributed by atoms with Gasteiger partial charge in [0, 0.05) is 13.5 Å². The van der Waals surface area contributed by atoms with E-state index in [4.69, 9.17) is 5.26 Å². The normalized spacial score (nSPS) is 10.7. The minimum atomic E-state index is 0.655. The molecule has 0 saturated heterocycles. The van der Waals surface area contributed by atoms with Crippen molar-refractivity contribution in [2.24, 2.45) is 7.05 Å². The first kappa shape index (κ1) is 11.0. The van der Waals surface area contributed by atoms with Crippen molar-refractivity contribution in [3.63, 3.8) is 0 Å².